The molecule has 12 nitrogen and oxygen atoms in total. The molecular weight excluding hydrogens is 713 g/mol. The first kappa shape index (κ1) is 35.4. The number of piperazine rings is 1. The molecule has 5 aromatic rings. The molecule has 3 aromatic carbocycles. The second kappa shape index (κ2) is 13.5. The maximum absolute atomic E-state index is 17.8. The van der Waals surface area contributed by atoms with Crippen LogP contribution in [-0.2, 0) is 11.8 Å². The number of phenolic OH excluding ortho intramolecular Hbond substituents is 1. The number of nitrogens with zero attached hydrogens (tertiary/aromatic N) is 7. The monoisotopic (exact) mass is 754 g/mol. The molecule has 9 rings (SSSR count). The van der Waals surface area contributed by atoms with Gasteiger partial charge >= 0.3 is 12.1 Å². The second-order valence-corrected chi connectivity index (χ2v) is 15.4. The van der Waals surface area contributed by atoms with Crippen LogP contribution in [0.4, 0.5) is 23.8 Å². The highest BCUT2D eigenvalue weighted by Gasteiger charge is 2.50. The largest absolute Gasteiger partial charge is 0.508 e. The average molecular weight is 755 g/mol. The Kier molecular flexibility index (Phi) is 8.65. The predicted octanol–water partition coefficient (Wildman–Crippen LogP) is 5.40. The molecule has 2 bridgehead atoms. The minimum atomic E-state index is -0.958. The first-order chi connectivity index (χ1) is 26.5. The average Bonchev–Trinajstić information content (AvgIpc) is 3.88. The molecule has 4 atom stereocenters. The number of benzene rings is 3. The summed E-state index contributed by atoms with van der Waals surface area (Å²) >= 11 is 0. The number of aromatic nitrogens is 4. The molecule has 6 heterocycles. The van der Waals surface area contributed by atoms with Gasteiger partial charge in [0, 0.05) is 74.3 Å². The third-order valence-electron chi connectivity index (χ3n) is 12.0. The summed E-state index contributed by atoms with van der Waals surface area (Å²) in [6.07, 6.45) is 10.3. The first-order valence-electron chi connectivity index (χ1n) is 18.8. The van der Waals surface area contributed by atoms with Crippen LogP contribution >= 0.6 is 0 Å². The first-order valence-corrected chi connectivity index (χ1v) is 18.8. The van der Waals surface area contributed by atoms with Crippen molar-refractivity contribution in [1.29, 1.82) is 0 Å². The van der Waals surface area contributed by atoms with Crippen LogP contribution in [0.2, 0.25) is 0 Å². The van der Waals surface area contributed by atoms with Gasteiger partial charge in [0.25, 0.3) is 0 Å². The standard InChI is InChI=1S/C40H41F3N8O4/c1-3-27-30(42)9-6-22-14-26(52)15-28(31(22)27)32-34(43)36-33(29-20-48(2)47-35(29)32)37(46-39(45-36)55-21-40-10-4-12-50(40)17-23(41)16-40)51-24-7-8-25(51)19-49(18-24)11-5-13-54-38(44)53/h1,6,9,14-15,20,23-25,52H,4-5,7-8,10-13,16-19,21H2,2H3,(H2,44,53)/t23-,24?,25?,40+/m1/s1. The van der Waals surface area contributed by atoms with Gasteiger partial charge in [0.05, 0.1) is 23.1 Å². The van der Waals surface area contributed by atoms with Crippen LogP contribution in [0.5, 0.6) is 11.8 Å². The Labute approximate surface area is 315 Å². The second-order valence-electron chi connectivity index (χ2n) is 15.4. The van der Waals surface area contributed by atoms with E-state index >= 15 is 8.78 Å². The molecule has 4 aliphatic rings. The number of nitrogens with two attached hydrogens (primary N) is 1. The van der Waals surface area contributed by atoms with Crippen molar-refractivity contribution in [2.45, 2.75) is 62.3 Å². The van der Waals surface area contributed by atoms with E-state index in [0.29, 0.717) is 61.0 Å². The Balaban J connectivity index is 1.22. The number of hydrogen-bond donors (Lipinski definition) is 2. The van der Waals surface area contributed by atoms with E-state index in [1.807, 2.05) is 0 Å². The lowest BCUT2D eigenvalue weighted by atomic mass is 9.91. The molecule has 2 unspecified atom stereocenters. The number of amides is 1. The molecule has 0 radical (unpaired) electrons. The molecule has 15 heteroatoms. The molecule has 2 aromatic heterocycles. The number of aryl methyl sites for hydroxylation is 1. The van der Waals surface area contributed by atoms with Gasteiger partial charge in [-0.3, -0.25) is 14.5 Å². The quantitative estimate of drug-likeness (QED) is 0.149. The number of hydrogen-bond acceptors (Lipinski definition) is 10. The molecule has 1 amide bonds. The van der Waals surface area contributed by atoms with E-state index in [9.17, 15) is 14.3 Å². The SMILES string of the molecule is C#Cc1c(F)ccc2cc(O)cc(-c3c(F)c4nc(OC[C@@]56CCCN5C[C@H](F)C6)nc(N5C6CCC5CN(CCCOC(N)=O)C6)c4c4cn(C)nc34)c12. The lowest BCUT2D eigenvalue weighted by molar-refractivity contribution is 0.107. The van der Waals surface area contributed by atoms with Gasteiger partial charge < -0.3 is 25.2 Å². The minimum absolute atomic E-state index is 0.00398. The zero-order valence-electron chi connectivity index (χ0n) is 30.4. The van der Waals surface area contributed by atoms with Gasteiger partial charge in [-0.2, -0.15) is 15.1 Å². The summed E-state index contributed by atoms with van der Waals surface area (Å²) < 4.78 is 60.7. The van der Waals surface area contributed by atoms with Crippen LogP contribution in [0, 0.1) is 24.0 Å². The van der Waals surface area contributed by atoms with Gasteiger partial charge in [-0.05, 0) is 67.8 Å². The lowest BCUT2D eigenvalue weighted by Crippen LogP contribution is -2.54. The molecule has 4 fully saturated rings. The van der Waals surface area contributed by atoms with Gasteiger partial charge in [-0.15, -0.1) is 6.42 Å². The van der Waals surface area contributed by atoms with Crippen molar-refractivity contribution in [3.63, 3.8) is 0 Å². The lowest BCUT2D eigenvalue weighted by Gasteiger charge is -2.42. The topological polar surface area (TPSA) is 135 Å². The third kappa shape index (κ3) is 5.93. The summed E-state index contributed by atoms with van der Waals surface area (Å²) in [7, 11) is 1.73. The number of carbonyl (C=O) groups is 1. The number of aromatic hydroxyl groups is 1. The number of terminal acetylenes is 1. The van der Waals surface area contributed by atoms with E-state index in [1.54, 1.807) is 17.9 Å². The third-order valence-corrected chi connectivity index (χ3v) is 12.0. The van der Waals surface area contributed by atoms with Crippen molar-refractivity contribution in [1.82, 2.24) is 29.5 Å². The molecule has 3 N–H and O–H groups in total. The molecular formula is C40H41F3N8O4. The number of carbonyl (C=O) groups excluding carboxylic acids is 1. The van der Waals surface area contributed by atoms with E-state index < -0.39 is 29.4 Å². The van der Waals surface area contributed by atoms with Crippen molar-refractivity contribution < 1.29 is 32.5 Å². The van der Waals surface area contributed by atoms with Crippen molar-refractivity contribution in [2.24, 2.45) is 12.8 Å². The summed E-state index contributed by atoms with van der Waals surface area (Å²) in [6, 6.07) is 5.57. The van der Waals surface area contributed by atoms with Crippen molar-refractivity contribution >= 4 is 44.5 Å². The number of likely N-dealkylation sites (tertiary alicyclic amines) is 1. The van der Waals surface area contributed by atoms with Crippen LogP contribution in [0.1, 0.15) is 44.1 Å². The smallest absolute Gasteiger partial charge is 0.404 e. The van der Waals surface area contributed by atoms with Crippen molar-refractivity contribution in [2.75, 3.05) is 50.8 Å². The fraction of sp³-hybridized carbons (Fsp3) is 0.450. The fourth-order valence-electron chi connectivity index (χ4n) is 9.80. The molecule has 4 saturated heterocycles. The zero-order chi connectivity index (χ0) is 38.2. The minimum Gasteiger partial charge on any atom is -0.508 e. The summed E-state index contributed by atoms with van der Waals surface area (Å²) in [4.78, 5) is 27.6. The van der Waals surface area contributed by atoms with E-state index in [1.165, 1.54) is 24.3 Å². The van der Waals surface area contributed by atoms with E-state index in [2.05, 4.69) is 20.6 Å². The molecule has 0 spiro atoms. The molecule has 286 valence electrons. The Morgan fingerprint density at radius 1 is 1.13 bits per heavy atom. The predicted molar refractivity (Wildman–Crippen MR) is 201 cm³/mol. The fourth-order valence-corrected chi connectivity index (χ4v) is 9.80. The Morgan fingerprint density at radius 2 is 1.93 bits per heavy atom. The van der Waals surface area contributed by atoms with Crippen LogP contribution < -0.4 is 15.4 Å². The van der Waals surface area contributed by atoms with Gasteiger partial charge in [0.15, 0.2) is 5.82 Å². The van der Waals surface area contributed by atoms with Crippen LogP contribution in [-0.4, -0.2) is 110 Å². The van der Waals surface area contributed by atoms with Gasteiger partial charge in [0.1, 0.15) is 41.2 Å². The summed E-state index contributed by atoms with van der Waals surface area (Å²) in [5.41, 5.74) is 5.01. The number of phenols is 1. The van der Waals surface area contributed by atoms with E-state index in [4.69, 9.17) is 36.7 Å². The molecule has 0 saturated carbocycles. The Hall–Kier alpha value is -5.33. The summed E-state index contributed by atoms with van der Waals surface area (Å²) in [6.45, 7) is 3.64. The molecule has 4 aliphatic heterocycles. The Bertz CT molecular complexity index is 2400. The van der Waals surface area contributed by atoms with Crippen LogP contribution in [0.25, 0.3) is 43.7 Å². The highest BCUT2D eigenvalue weighted by Crippen LogP contribution is 2.47. The Morgan fingerprint density at radius 3 is 2.69 bits per heavy atom. The van der Waals surface area contributed by atoms with Crippen LogP contribution in [0.15, 0.2) is 30.5 Å². The van der Waals surface area contributed by atoms with Crippen molar-refractivity contribution in [3.05, 3.63) is 47.7 Å². The molecule has 55 heavy (non-hydrogen) atoms. The van der Waals surface area contributed by atoms with Crippen molar-refractivity contribution in [3.8, 4) is 35.2 Å². The van der Waals surface area contributed by atoms with E-state index in [-0.39, 0.29) is 70.2 Å². The highest BCUT2D eigenvalue weighted by atomic mass is 19.1. The number of alkyl halides is 1. The summed E-state index contributed by atoms with van der Waals surface area (Å²) in [5, 5.41) is 17.3. The normalized spacial score (nSPS) is 23.9. The van der Waals surface area contributed by atoms with Gasteiger partial charge in [0.2, 0.25) is 0 Å². The number of ether oxygens (including phenoxy) is 2. The maximum Gasteiger partial charge on any atom is 0.404 e. The number of halogens is 3. The summed E-state index contributed by atoms with van der Waals surface area (Å²) in [5.74, 6) is 1.37. The van der Waals surface area contributed by atoms with Gasteiger partial charge in [-0.25, -0.2) is 18.0 Å². The number of anilines is 1. The van der Waals surface area contributed by atoms with E-state index in [0.717, 1.165) is 32.2 Å². The van der Waals surface area contributed by atoms with Crippen LogP contribution in [0.3, 0.4) is 0 Å². The van der Waals surface area contributed by atoms with Gasteiger partial charge in [-0.1, -0.05) is 12.0 Å². The zero-order valence-corrected chi connectivity index (χ0v) is 30.4. The molecule has 0 aliphatic carbocycles. The number of rotatable bonds is 9. The number of fused-ring (bicyclic) bond motifs is 7. The highest BCUT2D eigenvalue weighted by molar-refractivity contribution is 6.18. The number of primary amides is 1. The maximum atomic E-state index is 17.8.